The topological polar surface area (TPSA) is 49.6 Å². The number of hydrogen-bond donors (Lipinski definition) is 0. The smallest absolute Gasteiger partial charge is 0.123 e. The first-order valence-electron chi connectivity index (χ1n) is 10.1. The van der Waals surface area contributed by atoms with E-state index in [1.807, 2.05) is 36.8 Å². The van der Waals surface area contributed by atoms with Crippen LogP contribution in [0.5, 0.6) is 0 Å². The minimum absolute atomic E-state index is 0.165. The standard InChI is InChI=1S/C23H23FN6/c1-28-11-12-29(14-17-7-9-25-10-8-17)16-22(28)23-21-6-5-19(15-30(21)27-26-23)18-3-2-4-20(24)13-18/h2-10,13,15,22H,11-12,14,16H2,1H3. The van der Waals surface area contributed by atoms with Gasteiger partial charge in [-0.2, -0.15) is 0 Å². The number of fused-ring (bicyclic) bond motifs is 1. The van der Waals surface area contributed by atoms with Gasteiger partial charge in [0.15, 0.2) is 0 Å². The van der Waals surface area contributed by atoms with Crippen LogP contribution in [0.4, 0.5) is 4.39 Å². The second-order valence-corrected chi connectivity index (χ2v) is 7.82. The minimum Gasteiger partial charge on any atom is -0.296 e. The Labute approximate surface area is 174 Å². The van der Waals surface area contributed by atoms with Crippen molar-refractivity contribution in [1.82, 2.24) is 29.6 Å². The maximum Gasteiger partial charge on any atom is 0.123 e. The number of hydrogen-bond acceptors (Lipinski definition) is 5. The van der Waals surface area contributed by atoms with Crippen LogP contribution in [0.15, 0.2) is 67.1 Å². The predicted molar refractivity (Wildman–Crippen MR) is 113 cm³/mol. The van der Waals surface area contributed by atoms with Crippen molar-refractivity contribution in [3.8, 4) is 11.1 Å². The molecule has 1 aliphatic rings. The van der Waals surface area contributed by atoms with Crippen LogP contribution in [0, 0.1) is 5.82 Å². The third kappa shape index (κ3) is 3.69. The van der Waals surface area contributed by atoms with Gasteiger partial charge >= 0.3 is 0 Å². The van der Waals surface area contributed by atoms with E-state index in [9.17, 15) is 4.39 Å². The number of nitrogens with zero attached hydrogens (tertiary/aromatic N) is 6. The van der Waals surface area contributed by atoms with E-state index in [1.54, 1.807) is 10.6 Å². The summed E-state index contributed by atoms with van der Waals surface area (Å²) in [6.07, 6.45) is 5.59. The molecule has 152 valence electrons. The fourth-order valence-electron chi connectivity index (χ4n) is 4.11. The highest BCUT2D eigenvalue weighted by Crippen LogP contribution is 2.28. The van der Waals surface area contributed by atoms with Crippen LogP contribution >= 0.6 is 0 Å². The lowest BCUT2D eigenvalue weighted by Crippen LogP contribution is -2.46. The highest BCUT2D eigenvalue weighted by Gasteiger charge is 2.29. The second kappa shape index (κ2) is 7.93. The van der Waals surface area contributed by atoms with E-state index in [-0.39, 0.29) is 11.9 Å². The van der Waals surface area contributed by atoms with Gasteiger partial charge in [0.2, 0.25) is 0 Å². The first-order chi connectivity index (χ1) is 14.7. The van der Waals surface area contributed by atoms with Crippen LogP contribution in [0.2, 0.25) is 0 Å². The Bertz CT molecular complexity index is 1160. The molecule has 1 aliphatic heterocycles. The lowest BCUT2D eigenvalue weighted by atomic mass is 10.1. The van der Waals surface area contributed by atoms with Crippen LogP contribution in [-0.4, -0.2) is 56.3 Å². The van der Waals surface area contributed by atoms with Gasteiger partial charge in [-0.05, 0) is 48.5 Å². The van der Waals surface area contributed by atoms with Gasteiger partial charge in [-0.15, -0.1) is 5.10 Å². The predicted octanol–water partition coefficient (Wildman–Crippen LogP) is 3.42. The van der Waals surface area contributed by atoms with Crippen molar-refractivity contribution < 1.29 is 4.39 Å². The van der Waals surface area contributed by atoms with E-state index < -0.39 is 0 Å². The summed E-state index contributed by atoms with van der Waals surface area (Å²) in [6, 6.07) is 14.9. The van der Waals surface area contributed by atoms with E-state index in [0.29, 0.717) is 0 Å². The van der Waals surface area contributed by atoms with Crippen molar-refractivity contribution in [1.29, 1.82) is 0 Å². The van der Waals surface area contributed by atoms with Crippen molar-refractivity contribution >= 4 is 5.52 Å². The Morgan fingerprint density at radius 2 is 1.90 bits per heavy atom. The number of likely N-dealkylation sites (N-methyl/N-ethyl adjacent to an activating group) is 1. The third-order valence-corrected chi connectivity index (χ3v) is 5.80. The van der Waals surface area contributed by atoms with E-state index in [1.165, 1.54) is 17.7 Å². The lowest BCUT2D eigenvalue weighted by molar-refractivity contribution is 0.0889. The fourth-order valence-corrected chi connectivity index (χ4v) is 4.11. The van der Waals surface area contributed by atoms with Crippen molar-refractivity contribution in [3.05, 3.63) is 84.2 Å². The zero-order chi connectivity index (χ0) is 20.5. The first-order valence-corrected chi connectivity index (χ1v) is 10.1. The van der Waals surface area contributed by atoms with Gasteiger partial charge in [-0.25, -0.2) is 8.91 Å². The van der Waals surface area contributed by atoms with Crippen LogP contribution in [0.25, 0.3) is 16.6 Å². The Balaban J connectivity index is 1.42. The van der Waals surface area contributed by atoms with E-state index in [2.05, 4.69) is 44.3 Å². The van der Waals surface area contributed by atoms with Gasteiger partial charge in [0.25, 0.3) is 0 Å². The second-order valence-electron chi connectivity index (χ2n) is 7.82. The quantitative estimate of drug-likeness (QED) is 0.524. The molecule has 4 aromatic rings. The maximum atomic E-state index is 13.6. The van der Waals surface area contributed by atoms with Gasteiger partial charge in [0.1, 0.15) is 11.5 Å². The Kier molecular flexibility index (Phi) is 4.98. The van der Waals surface area contributed by atoms with Gasteiger partial charge in [-0.1, -0.05) is 23.4 Å². The van der Waals surface area contributed by atoms with Gasteiger partial charge < -0.3 is 0 Å². The molecule has 1 saturated heterocycles. The Morgan fingerprint density at radius 1 is 1.03 bits per heavy atom. The molecule has 4 heterocycles. The average Bonchev–Trinajstić information content (AvgIpc) is 3.19. The SMILES string of the molecule is CN1CCN(Cc2ccncc2)CC1c1nnn2cc(-c3cccc(F)c3)ccc12. The number of pyridine rings is 2. The van der Waals surface area contributed by atoms with E-state index >= 15 is 0 Å². The molecule has 1 aromatic carbocycles. The van der Waals surface area contributed by atoms with Crippen LogP contribution in [0.3, 0.4) is 0 Å². The molecule has 1 atom stereocenters. The number of halogens is 1. The molecule has 0 amide bonds. The number of benzene rings is 1. The molecular weight excluding hydrogens is 379 g/mol. The molecule has 1 unspecified atom stereocenters. The van der Waals surface area contributed by atoms with E-state index in [0.717, 1.165) is 48.5 Å². The Morgan fingerprint density at radius 3 is 2.73 bits per heavy atom. The number of aromatic nitrogens is 4. The first kappa shape index (κ1) is 18.8. The lowest BCUT2D eigenvalue weighted by Gasteiger charge is -2.38. The highest BCUT2D eigenvalue weighted by atomic mass is 19.1. The molecule has 0 N–H and O–H groups in total. The van der Waals surface area contributed by atoms with E-state index in [4.69, 9.17) is 0 Å². The summed E-state index contributed by atoms with van der Waals surface area (Å²) in [6.45, 7) is 3.77. The van der Waals surface area contributed by atoms with Crippen LogP contribution in [0.1, 0.15) is 17.3 Å². The number of rotatable bonds is 4. The van der Waals surface area contributed by atoms with Crippen LogP contribution < -0.4 is 0 Å². The zero-order valence-corrected chi connectivity index (χ0v) is 16.8. The normalized spacial score (nSPS) is 18.1. The van der Waals surface area contributed by atoms with Crippen molar-refractivity contribution in [2.75, 3.05) is 26.7 Å². The molecule has 6 nitrogen and oxygen atoms in total. The molecule has 5 rings (SSSR count). The summed E-state index contributed by atoms with van der Waals surface area (Å²) in [7, 11) is 2.14. The Hall–Kier alpha value is -3.16. The maximum absolute atomic E-state index is 13.6. The molecule has 0 aliphatic carbocycles. The largest absolute Gasteiger partial charge is 0.296 e. The van der Waals surface area contributed by atoms with Crippen molar-refractivity contribution in [3.63, 3.8) is 0 Å². The summed E-state index contributed by atoms with van der Waals surface area (Å²) >= 11 is 0. The molecule has 0 spiro atoms. The monoisotopic (exact) mass is 402 g/mol. The molecule has 30 heavy (non-hydrogen) atoms. The summed E-state index contributed by atoms with van der Waals surface area (Å²) in [5, 5.41) is 8.89. The molecule has 1 fully saturated rings. The van der Waals surface area contributed by atoms with Gasteiger partial charge in [0.05, 0.1) is 11.6 Å². The summed E-state index contributed by atoms with van der Waals surface area (Å²) in [4.78, 5) is 8.90. The molecule has 0 bridgehead atoms. The molecule has 7 heteroatoms. The molecule has 0 radical (unpaired) electrons. The average molecular weight is 402 g/mol. The summed E-state index contributed by atoms with van der Waals surface area (Å²) < 4.78 is 15.4. The third-order valence-electron chi connectivity index (χ3n) is 5.80. The summed E-state index contributed by atoms with van der Waals surface area (Å²) in [5.41, 5.74) is 4.96. The van der Waals surface area contributed by atoms with Gasteiger partial charge in [0, 0.05) is 50.3 Å². The molecule has 0 saturated carbocycles. The van der Waals surface area contributed by atoms with Crippen molar-refractivity contribution in [2.45, 2.75) is 12.6 Å². The fraction of sp³-hybridized carbons (Fsp3) is 0.261. The zero-order valence-electron chi connectivity index (χ0n) is 16.8. The van der Waals surface area contributed by atoms with Crippen molar-refractivity contribution in [2.24, 2.45) is 0 Å². The number of piperazine rings is 1. The highest BCUT2D eigenvalue weighted by molar-refractivity contribution is 5.66. The summed E-state index contributed by atoms with van der Waals surface area (Å²) in [5.74, 6) is -0.245. The molecular formula is C23H23FN6. The van der Waals surface area contributed by atoms with Gasteiger partial charge in [-0.3, -0.25) is 14.8 Å². The van der Waals surface area contributed by atoms with Crippen LogP contribution in [-0.2, 0) is 6.54 Å². The minimum atomic E-state index is -0.245. The molecule has 3 aromatic heterocycles.